The number of aliphatic hydroxyl groups is 1. The summed E-state index contributed by atoms with van der Waals surface area (Å²) in [6.07, 6.45) is -0.578. The van der Waals surface area contributed by atoms with Gasteiger partial charge in [0.1, 0.15) is 0 Å². The number of H-pyrrole nitrogens is 1. The Balaban J connectivity index is 1.80. The molecule has 1 aromatic carbocycles. The standard InChI is InChI=1S/C18H23N3O3/c1-12-3-4-17-16(7-12)18(24)8-14(19-17)9-20-5-6-21(13(2)22)11-15(23)10-20/h3-4,7-8,15,23H,5-6,9-11H2,1-2H3,(H,19,24)/t15-/m0/s1. The molecule has 2 heterocycles. The second kappa shape index (κ2) is 6.75. The van der Waals surface area contributed by atoms with Gasteiger partial charge in [-0.1, -0.05) is 11.6 Å². The van der Waals surface area contributed by atoms with Crippen molar-refractivity contribution in [2.24, 2.45) is 0 Å². The summed E-state index contributed by atoms with van der Waals surface area (Å²) >= 11 is 0. The molecule has 0 aliphatic carbocycles. The quantitative estimate of drug-likeness (QED) is 0.857. The van der Waals surface area contributed by atoms with Crippen LogP contribution in [0.2, 0.25) is 0 Å². The first-order valence-electron chi connectivity index (χ1n) is 8.21. The number of hydrogen-bond donors (Lipinski definition) is 2. The lowest BCUT2D eigenvalue weighted by Gasteiger charge is -2.21. The van der Waals surface area contributed by atoms with Crippen LogP contribution in [0.1, 0.15) is 18.2 Å². The van der Waals surface area contributed by atoms with Crippen LogP contribution in [-0.2, 0) is 11.3 Å². The molecule has 2 N–H and O–H groups in total. The number of amides is 1. The average Bonchev–Trinajstić information content (AvgIpc) is 2.69. The Morgan fingerprint density at radius 1 is 1.29 bits per heavy atom. The maximum Gasteiger partial charge on any atom is 0.219 e. The third-order valence-electron chi connectivity index (χ3n) is 4.47. The topological polar surface area (TPSA) is 76.6 Å². The fourth-order valence-electron chi connectivity index (χ4n) is 3.23. The van der Waals surface area contributed by atoms with E-state index in [9.17, 15) is 14.7 Å². The molecule has 1 aromatic heterocycles. The van der Waals surface area contributed by atoms with Crippen molar-refractivity contribution in [3.63, 3.8) is 0 Å². The van der Waals surface area contributed by atoms with Gasteiger partial charge >= 0.3 is 0 Å². The van der Waals surface area contributed by atoms with E-state index in [0.29, 0.717) is 38.1 Å². The molecule has 0 radical (unpaired) electrons. The van der Waals surface area contributed by atoms with Crippen LogP contribution in [0.5, 0.6) is 0 Å². The van der Waals surface area contributed by atoms with Crippen LogP contribution in [0.15, 0.2) is 29.1 Å². The van der Waals surface area contributed by atoms with E-state index in [1.165, 1.54) is 6.92 Å². The van der Waals surface area contributed by atoms with Crippen molar-refractivity contribution in [1.29, 1.82) is 0 Å². The number of aromatic amines is 1. The first-order valence-corrected chi connectivity index (χ1v) is 8.21. The second-order valence-corrected chi connectivity index (χ2v) is 6.56. The molecule has 0 bridgehead atoms. The van der Waals surface area contributed by atoms with Gasteiger partial charge in [-0.25, -0.2) is 0 Å². The third kappa shape index (κ3) is 3.66. The Morgan fingerprint density at radius 2 is 2.08 bits per heavy atom. The minimum Gasteiger partial charge on any atom is -0.390 e. The first-order chi connectivity index (χ1) is 11.4. The summed E-state index contributed by atoms with van der Waals surface area (Å²) < 4.78 is 0. The first kappa shape index (κ1) is 16.7. The number of β-amino-alcohol motifs (C(OH)–C–C–N with tert-alkyl or cyclic N) is 1. The maximum absolute atomic E-state index is 12.3. The van der Waals surface area contributed by atoms with Gasteiger partial charge in [-0.05, 0) is 19.1 Å². The lowest BCUT2D eigenvalue weighted by atomic mass is 10.1. The van der Waals surface area contributed by atoms with E-state index in [1.54, 1.807) is 11.0 Å². The van der Waals surface area contributed by atoms with Gasteiger partial charge in [-0.2, -0.15) is 0 Å². The number of carbonyl (C=O) groups excluding carboxylic acids is 1. The molecule has 0 saturated carbocycles. The Bertz CT molecular complexity index is 815. The normalized spacial score (nSPS) is 19.5. The second-order valence-electron chi connectivity index (χ2n) is 6.56. The van der Waals surface area contributed by atoms with E-state index in [4.69, 9.17) is 0 Å². The Hall–Kier alpha value is -2.18. The fourth-order valence-corrected chi connectivity index (χ4v) is 3.23. The number of benzene rings is 1. The van der Waals surface area contributed by atoms with Crippen LogP contribution < -0.4 is 5.43 Å². The van der Waals surface area contributed by atoms with Crippen molar-refractivity contribution in [3.05, 3.63) is 45.7 Å². The van der Waals surface area contributed by atoms with Gasteiger partial charge in [0.05, 0.1) is 6.10 Å². The van der Waals surface area contributed by atoms with Gasteiger partial charge in [0.25, 0.3) is 0 Å². The van der Waals surface area contributed by atoms with Gasteiger partial charge in [0.2, 0.25) is 5.91 Å². The molecule has 128 valence electrons. The molecule has 1 amide bonds. The summed E-state index contributed by atoms with van der Waals surface area (Å²) in [6.45, 7) is 6.13. The molecule has 1 aliphatic rings. The summed E-state index contributed by atoms with van der Waals surface area (Å²) in [7, 11) is 0. The fraction of sp³-hybridized carbons (Fsp3) is 0.444. The molecule has 6 heteroatoms. The number of rotatable bonds is 2. The molecular formula is C18H23N3O3. The molecule has 1 aliphatic heterocycles. The number of aliphatic hydroxyl groups excluding tert-OH is 1. The molecule has 1 atom stereocenters. The Morgan fingerprint density at radius 3 is 2.83 bits per heavy atom. The van der Waals surface area contributed by atoms with Crippen molar-refractivity contribution < 1.29 is 9.90 Å². The predicted octanol–water partition coefficient (Wildman–Crippen LogP) is 0.862. The van der Waals surface area contributed by atoms with E-state index in [-0.39, 0.29) is 11.3 Å². The number of aromatic nitrogens is 1. The number of fused-ring (bicyclic) bond motifs is 1. The van der Waals surface area contributed by atoms with Crippen molar-refractivity contribution in [1.82, 2.24) is 14.8 Å². The monoisotopic (exact) mass is 329 g/mol. The Kier molecular flexibility index (Phi) is 4.69. The zero-order chi connectivity index (χ0) is 17.3. The molecule has 24 heavy (non-hydrogen) atoms. The summed E-state index contributed by atoms with van der Waals surface area (Å²) in [6, 6.07) is 7.41. The van der Waals surface area contributed by atoms with Crippen LogP contribution in [0.3, 0.4) is 0 Å². The Labute approximate surface area is 140 Å². The highest BCUT2D eigenvalue weighted by atomic mass is 16.3. The minimum absolute atomic E-state index is 0.00295. The van der Waals surface area contributed by atoms with Gasteiger partial charge in [0, 0.05) is 62.3 Å². The van der Waals surface area contributed by atoms with E-state index >= 15 is 0 Å². The number of nitrogens with one attached hydrogen (secondary N) is 1. The average molecular weight is 329 g/mol. The number of nitrogens with zero attached hydrogens (tertiary/aromatic N) is 2. The van der Waals surface area contributed by atoms with Gasteiger partial charge in [-0.3, -0.25) is 14.5 Å². The van der Waals surface area contributed by atoms with E-state index in [1.807, 2.05) is 25.1 Å². The van der Waals surface area contributed by atoms with Crippen LogP contribution in [0.4, 0.5) is 0 Å². The van der Waals surface area contributed by atoms with Crippen LogP contribution in [0, 0.1) is 6.92 Å². The van der Waals surface area contributed by atoms with E-state index in [0.717, 1.165) is 16.8 Å². The van der Waals surface area contributed by atoms with Crippen molar-refractivity contribution in [3.8, 4) is 0 Å². The lowest BCUT2D eigenvalue weighted by Crippen LogP contribution is -2.36. The lowest BCUT2D eigenvalue weighted by molar-refractivity contribution is -0.129. The SMILES string of the molecule is CC(=O)N1CCN(Cc2cc(=O)c3cc(C)ccc3[nH]2)C[C@H](O)C1. The van der Waals surface area contributed by atoms with Crippen LogP contribution in [-0.4, -0.2) is 58.1 Å². The smallest absolute Gasteiger partial charge is 0.219 e. The van der Waals surface area contributed by atoms with Gasteiger partial charge < -0.3 is 15.0 Å². The van der Waals surface area contributed by atoms with Crippen molar-refractivity contribution in [2.75, 3.05) is 26.2 Å². The van der Waals surface area contributed by atoms with E-state index in [2.05, 4.69) is 9.88 Å². The summed E-state index contributed by atoms with van der Waals surface area (Å²) in [4.78, 5) is 30.9. The summed E-state index contributed by atoms with van der Waals surface area (Å²) in [5, 5.41) is 10.8. The highest BCUT2D eigenvalue weighted by Gasteiger charge is 2.22. The third-order valence-corrected chi connectivity index (χ3v) is 4.47. The zero-order valence-electron chi connectivity index (χ0n) is 14.1. The molecule has 0 unspecified atom stereocenters. The van der Waals surface area contributed by atoms with Crippen LogP contribution >= 0.6 is 0 Å². The molecule has 2 aromatic rings. The highest BCUT2D eigenvalue weighted by Crippen LogP contribution is 2.13. The predicted molar refractivity (Wildman–Crippen MR) is 92.8 cm³/mol. The zero-order valence-corrected chi connectivity index (χ0v) is 14.1. The number of hydrogen-bond acceptors (Lipinski definition) is 4. The number of carbonyl (C=O) groups is 1. The molecule has 1 fully saturated rings. The number of pyridine rings is 1. The molecule has 0 spiro atoms. The molecule has 3 rings (SSSR count). The maximum atomic E-state index is 12.3. The molecule has 1 saturated heterocycles. The molecule has 6 nitrogen and oxygen atoms in total. The van der Waals surface area contributed by atoms with Gasteiger partial charge in [0.15, 0.2) is 5.43 Å². The highest BCUT2D eigenvalue weighted by molar-refractivity contribution is 5.79. The summed E-state index contributed by atoms with van der Waals surface area (Å²) in [5.74, 6) is -0.0228. The van der Waals surface area contributed by atoms with E-state index < -0.39 is 6.10 Å². The largest absolute Gasteiger partial charge is 0.390 e. The van der Waals surface area contributed by atoms with Crippen molar-refractivity contribution >= 4 is 16.8 Å². The molecular weight excluding hydrogens is 306 g/mol. The summed E-state index contributed by atoms with van der Waals surface area (Å²) in [5.41, 5.74) is 2.70. The number of aryl methyl sites for hydroxylation is 1. The van der Waals surface area contributed by atoms with Crippen LogP contribution in [0.25, 0.3) is 10.9 Å². The van der Waals surface area contributed by atoms with Gasteiger partial charge in [-0.15, -0.1) is 0 Å². The van der Waals surface area contributed by atoms with Crippen molar-refractivity contribution in [2.45, 2.75) is 26.5 Å². The minimum atomic E-state index is -0.578.